The molecule has 0 unspecified atom stereocenters. The number of hydrogen-bond acceptors (Lipinski definition) is 3. The molecule has 0 aromatic carbocycles. The largest absolute Gasteiger partial charge is 0.236 e. The molecule has 0 atom stereocenters. The lowest BCUT2D eigenvalue weighted by Gasteiger charge is -1.90. The third-order valence-electron chi connectivity index (χ3n) is 1.12. The average Bonchev–Trinajstić information content (AvgIpc) is 2.09. The van der Waals surface area contributed by atoms with Crippen molar-refractivity contribution < 1.29 is 0 Å². The summed E-state index contributed by atoms with van der Waals surface area (Å²) in [6.45, 7) is 0. The van der Waals surface area contributed by atoms with Crippen molar-refractivity contribution in [2.75, 3.05) is 0 Å². The summed E-state index contributed by atoms with van der Waals surface area (Å²) >= 11 is 3.23. The highest BCUT2D eigenvalue weighted by atomic mass is 79.9. The van der Waals surface area contributed by atoms with E-state index in [0.717, 1.165) is 4.47 Å². The van der Waals surface area contributed by atoms with Crippen LogP contribution in [0.5, 0.6) is 0 Å². The molecule has 12 heavy (non-hydrogen) atoms. The molecule has 1 rings (SSSR count). The van der Waals surface area contributed by atoms with Gasteiger partial charge >= 0.3 is 0 Å². The molecule has 60 valence electrons. The van der Waals surface area contributed by atoms with Crippen LogP contribution in [0, 0.1) is 11.3 Å². The average molecular weight is 224 g/mol. The van der Waals surface area contributed by atoms with E-state index in [-0.39, 0.29) is 0 Å². The van der Waals surface area contributed by atoms with Gasteiger partial charge in [-0.05, 0) is 22.0 Å². The van der Waals surface area contributed by atoms with E-state index in [1.54, 1.807) is 24.5 Å². The van der Waals surface area contributed by atoms with Crippen LogP contribution in [0.4, 0.5) is 0 Å². The van der Waals surface area contributed by atoms with Crippen molar-refractivity contribution in [3.63, 3.8) is 0 Å². The molecule has 1 aromatic heterocycles. The maximum absolute atomic E-state index is 8.24. The third-order valence-corrected chi connectivity index (χ3v) is 1.53. The van der Waals surface area contributed by atoms with E-state index in [1.165, 1.54) is 0 Å². The summed E-state index contributed by atoms with van der Waals surface area (Å²) in [5, 5.41) is 8.24. The first-order valence-corrected chi connectivity index (χ1v) is 4.13. The van der Waals surface area contributed by atoms with Gasteiger partial charge in [0.25, 0.3) is 0 Å². The zero-order valence-corrected chi connectivity index (χ0v) is 7.82. The highest BCUT2D eigenvalue weighted by Gasteiger charge is 1.88. The number of nitrogens with zero attached hydrogens (tertiary/aromatic N) is 3. The van der Waals surface area contributed by atoms with Gasteiger partial charge in [-0.1, -0.05) is 6.08 Å². The van der Waals surface area contributed by atoms with E-state index in [9.17, 15) is 0 Å². The molecule has 1 heterocycles. The van der Waals surface area contributed by atoms with Gasteiger partial charge in [0.05, 0.1) is 17.0 Å². The number of halogens is 1. The zero-order chi connectivity index (χ0) is 8.81. The molecule has 0 aliphatic heterocycles. The Morgan fingerprint density at radius 3 is 2.75 bits per heavy atom. The van der Waals surface area contributed by atoms with E-state index in [0.29, 0.717) is 12.2 Å². The monoisotopic (exact) mass is 223 g/mol. The fraction of sp³-hybridized carbons (Fsp3) is 0.125. The lowest BCUT2D eigenvalue weighted by molar-refractivity contribution is 1.12. The normalized spacial score (nSPS) is 10.0. The highest BCUT2D eigenvalue weighted by Crippen LogP contribution is 2.04. The Balaban J connectivity index is 2.66. The summed E-state index contributed by atoms with van der Waals surface area (Å²) in [7, 11) is 0. The van der Waals surface area contributed by atoms with E-state index < -0.39 is 0 Å². The van der Waals surface area contributed by atoms with Gasteiger partial charge in [-0.15, -0.1) is 0 Å². The zero-order valence-electron chi connectivity index (χ0n) is 6.24. The fourth-order valence-electron chi connectivity index (χ4n) is 0.625. The van der Waals surface area contributed by atoms with E-state index in [2.05, 4.69) is 25.9 Å². The van der Waals surface area contributed by atoms with Gasteiger partial charge in [0.2, 0.25) is 0 Å². The second kappa shape index (κ2) is 4.62. The van der Waals surface area contributed by atoms with Crippen LogP contribution < -0.4 is 0 Å². The van der Waals surface area contributed by atoms with Crippen molar-refractivity contribution in [2.24, 2.45) is 0 Å². The lowest BCUT2D eigenvalue weighted by atomic mass is 10.4. The van der Waals surface area contributed by atoms with Gasteiger partial charge in [0.15, 0.2) is 5.82 Å². The Kier molecular flexibility index (Phi) is 3.42. The van der Waals surface area contributed by atoms with Gasteiger partial charge in [-0.3, -0.25) is 0 Å². The number of rotatable bonds is 2. The third kappa shape index (κ3) is 2.81. The first-order valence-electron chi connectivity index (χ1n) is 3.34. The quantitative estimate of drug-likeness (QED) is 0.773. The summed E-state index contributed by atoms with van der Waals surface area (Å²) < 4.78 is 0.847. The van der Waals surface area contributed by atoms with Crippen LogP contribution in [0.1, 0.15) is 12.2 Å². The number of aromatic nitrogens is 2. The number of nitriles is 1. The fourth-order valence-corrected chi connectivity index (χ4v) is 0.830. The van der Waals surface area contributed by atoms with Gasteiger partial charge in [0.1, 0.15) is 0 Å². The Labute approximate surface area is 78.9 Å². The molecule has 1 aromatic rings. The molecule has 0 saturated carbocycles. The second-order valence-electron chi connectivity index (χ2n) is 2.02. The topological polar surface area (TPSA) is 49.6 Å². The summed E-state index contributed by atoms with van der Waals surface area (Å²) in [6.07, 6.45) is 7.16. The van der Waals surface area contributed by atoms with E-state index >= 15 is 0 Å². The molecule has 4 heteroatoms. The summed E-state index contributed by atoms with van der Waals surface area (Å²) in [6, 6.07) is 2.00. The van der Waals surface area contributed by atoms with Crippen LogP contribution in [-0.2, 0) is 0 Å². The Morgan fingerprint density at radius 1 is 1.50 bits per heavy atom. The molecule has 0 spiro atoms. The van der Waals surface area contributed by atoms with E-state index in [4.69, 9.17) is 5.26 Å². The molecule has 0 saturated heterocycles. The molecular weight excluding hydrogens is 218 g/mol. The molecule has 0 amide bonds. The van der Waals surface area contributed by atoms with Crippen molar-refractivity contribution in [3.05, 3.63) is 28.8 Å². The molecular formula is C8H6BrN3. The summed E-state index contributed by atoms with van der Waals surface area (Å²) in [4.78, 5) is 7.99. The smallest absolute Gasteiger partial charge is 0.151 e. The minimum atomic E-state index is 0.388. The minimum absolute atomic E-state index is 0.388. The van der Waals surface area contributed by atoms with Crippen molar-refractivity contribution >= 4 is 22.0 Å². The minimum Gasteiger partial charge on any atom is -0.236 e. The van der Waals surface area contributed by atoms with Crippen LogP contribution in [0.3, 0.4) is 0 Å². The standard InChI is InChI=1S/C8H6BrN3/c9-7-5-11-8(12-6-7)3-1-2-4-10/h1,3,5-6H,2H2. The van der Waals surface area contributed by atoms with Gasteiger partial charge in [-0.2, -0.15) is 5.26 Å². The van der Waals surface area contributed by atoms with Crippen LogP contribution in [-0.4, -0.2) is 9.97 Å². The Morgan fingerprint density at radius 2 is 2.17 bits per heavy atom. The maximum Gasteiger partial charge on any atom is 0.151 e. The Bertz CT molecular complexity index is 310. The number of allylic oxidation sites excluding steroid dienone is 1. The molecule has 0 radical (unpaired) electrons. The summed E-state index contributed by atoms with van der Waals surface area (Å²) in [5.41, 5.74) is 0. The first kappa shape index (κ1) is 8.88. The van der Waals surface area contributed by atoms with Crippen LogP contribution >= 0.6 is 15.9 Å². The highest BCUT2D eigenvalue weighted by molar-refractivity contribution is 9.10. The molecule has 0 aliphatic carbocycles. The SMILES string of the molecule is N#CCC=Cc1ncc(Br)cn1. The van der Waals surface area contributed by atoms with Gasteiger partial charge in [0, 0.05) is 12.4 Å². The molecule has 0 fully saturated rings. The molecule has 0 N–H and O–H groups in total. The predicted molar refractivity (Wildman–Crippen MR) is 49.0 cm³/mol. The van der Waals surface area contributed by atoms with Gasteiger partial charge < -0.3 is 0 Å². The first-order chi connectivity index (χ1) is 5.83. The number of hydrogen-bond donors (Lipinski definition) is 0. The summed E-state index contributed by atoms with van der Waals surface area (Å²) in [5.74, 6) is 0.619. The van der Waals surface area contributed by atoms with Crippen LogP contribution in [0.15, 0.2) is 22.9 Å². The predicted octanol–water partition coefficient (Wildman–Crippen LogP) is 2.17. The lowest BCUT2D eigenvalue weighted by Crippen LogP contribution is -1.84. The van der Waals surface area contributed by atoms with E-state index in [1.807, 2.05) is 6.07 Å². The van der Waals surface area contributed by atoms with Crippen molar-refractivity contribution in [3.8, 4) is 6.07 Å². The van der Waals surface area contributed by atoms with Crippen LogP contribution in [0.2, 0.25) is 0 Å². The van der Waals surface area contributed by atoms with Crippen molar-refractivity contribution in [2.45, 2.75) is 6.42 Å². The van der Waals surface area contributed by atoms with Crippen LogP contribution in [0.25, 0.3) is 6.08 Å². The van der Waals surface area contributed by atoms with Crippen molar-refractivity contribution in [1.82, 2.24) is 9.97 Å². The van der Waals surface area contributed by atoms with Gasteiger partial charge in [-0.25, -0.2) is 9.97 Å². The Hall–Kier alpha value is -1.21. The van der Waals surface area contributed by atoms with Crippen molar-refractivity contribution in [1.29, 1.82) is 5.26 Å². The maximum atomic E-state index is 8.24. The molecule has 0 aliphatic rings. The molecule has 3 nitrogen and oxygen atoms in total. The second-order valence-corrected chi connectivity index (χ2v) is 2.94. The molecule has 0 bridgehead atoms.